The van der Waals surface area contributed by atoms with Crippen LogP contribution in [0.1, 0.15) is 32.9 Å². The van der Waals surface area contributed by atoms with Crippen molar-refractivity contribution in [2.45, 2.75) is 38.7 Å². The van der Waals surface area contributed by atoms with Gasteiger partial charge in [-0.25, -0.2) is 4.98 Å². The minimum atomic E-state index is 0.0767. The maximum atomic E-state index is 5.84. The number of nitrogens with one attached hydrogen (secondary N) is 1. The number of hydrogen-bond donors (Lipinski definition) is 1. The first-order valence-electron chi connectivity index (χ1n) is 5.90. The lowest BCUT2D eigenvalue weighted by Gasteiger charge is -2.19. The van der Waals surface area contributed by atoms with Crippen LogP contribution >= 0.6 is 0 Å². The Labute approximate surface area is 97.2 Å². The van der Waals surface area contributed by atoms with Gasteiger partial charge in [0.2, 0.25) is 5.88 Å². The smallest absolute Gasteiger partial charge is 0.213 e. The zero-order chi connectivity index (χ0) is 11.6. The van der Waals surface area contributed by atoms with Crippen molar-refractivity contribution in [3.63, 3.8) is 0 Å². The second-order valence-electron chi connectivity index (χ2n) is 5.34. The second-order valence-corrected chi connectivity index (χ2v) is 5.34. The standard InChI is InChI=1S/C13H20N2O/c1-13(2,3)11-5-4-6-12(15-11)16-10-7-8-14-9-10/h4-6,10,14H,7-9H2,1-3H3. The largest absolute Gasteiger partial charge is 0.473 e. The molecule has 0 aromatic carbocycles. The number of rotatable bonds is 2. The monoisotopic (exact) mass is 220 g/mol. The Hall–Kier alpha value is -1.09. The molecule has 0 radical (unpaired) electrons. The molecule has 2 heterocycles. The van der Waals surface area contributed by atoms with Gasteiger partial charge in [-0.05, 0) is 19.0 Å². The summed E-state index contributed by atoms with van der Waals surface area (Å²) in [4.78, 5) is 4.56. The third kappa shape index (κ3) is 2.73. The normalized spacial score (nSPS) is 21.1. The number of aromatic nitrogens is 1. The van der Waals surface area contributed by atoms with Crippen LogP contribution in [0.5, 0.6) is 5.88 Å². The molecule has 0 bridgehead atoms. The van der Waals surface area contributed by atoms with Gasteiger partial charge in [-0.2, -0.15) is 0 Å². The van der Waals surface area contributed by atoms with Gasteiger partial charge in [0.15, 0.2) is 0 Å². The predicted molar refractivity (Wildman–Crippen MR) is 64.8 cm³/mol. The van der Waals surface area contributed by atoms with Crippen LogP contribution in [0.15, 0.2) is 18.2 Å². The van der Waals surface area contributed by atoms with Crippen molar-refractivity contribution in [3.8, 4) is 5.88 Å². The number of hydrogen-bond acceptors (Lipinski definition) is 3. The molecule has 2 rings (SSSR count). The summed E-state index contributed by atoms with van der Waals surface area (Å²) in [5, 5.41) is 3.28. The Balaban J connectivity index is 2.09. The van der Waals surface area contributed by atoms with E-state index in [4.69, 9.17) is 4.74 Å². The topological polar surface area (TPSA) is 34.1 Å². The lowest BCUT2D eigenvalue weighted by atomic mass is 9.92. The molecule has 1 N–H and O–H groups in total. The maximum Gasteiger partial charge on any atom is 0.213 e. The molecule has 1 aromatic heterocycles. The van der Waals surface area contributed by atoms with Crippen molar-refractivity contribution in [1.82, 2.24) is 10.3 Å². The third-order valence-corrected chi connectivity index (χ3v) is 2.79. The first-order chi connectivity index (χ1) is 7.55. The minimum absolute atomic E-state index is 0.0767. The molecule has 1 saturated heterocycles. The highest BCUT2D eigenvalue weighted by Crippen LogP contribution is 2.22. The van der Waals surface area contributed by atoms with E-state index in [2.05, 4.69) is 37.1 Å². The van der Waals surface area contributed by atoms with Gasteiger partial charge >= 0.3 is 0 Å². The summed E-state index contributed by atoms with van der Waals surface area (Å²) in [5.74, 6) is 0.751. The molecule has 0 saturated carbocycles. The molecule has 0 spiro atoms. The van der Waals surface area contributed by atoms with Gasteiger partial charge in [0.25, 0.3) is 0 Å². The number of nitrogens with zero attached hydrogens (tertiary/aromatic N) is 1. The van der Waals surface area contributed by atoms with Crippen molar-refractivity contribution in [2.75, 3.05) is 13.1 Å². The summed E-state index contributed by atoms with van der Waals surface area (Å²) in [6.07, 6.45) is 1.35. The molecule has 88 valence electrons. The van der Waals surface area contributed by atoms with Crippen LogP contribution in [0.2, 0.25) is 0 Å². The Morgan fingerprint density at radius 3 is 2.81 bits per heavy atom. The summed E-state index contributed by atoms with van der Waals surface area (Å²) in [7, 11) is 0. The van der Waals surface area contributed by atoms with E-state index >= 15 is 0 Å². The van der Waals surface area contributed by atoms with Gasteiger partial charge in [-0.1, -0.05) is 26.8 Å². The fraction of sp³-hybridized carbons (Fsp3) is 0.615. The Kier molecular flexibility index (Phi) is 3.15. The fourth-order valence-corrected chi connectivity index (χ4v) is 1.80. The van der Waals surface area contributed by atoms with Gasteiger partial charge in [0, 0.05) is 23.7 Å². The van der Waals surface area contributed by atoms with Crippen molar-refractivity contribution < 1.29 is 4.74 Å². The van der Waals surface area contributed by atoms with Crippen molar-refractivity contribution in [3.05, 3.63) is 23.9 Å². The van der Waals surface area contributed by atoms with E-state index in [9.17, 15) is 0 Å². The van der Waals surface area contributed by atoms with Crippen molar-refractivity contribution in [2.24, 2.45) is 0 Å². The molecular weight excluding hydrogens is 200 g/mol. The highest BCUT2D eigenvalue weighted by atomic mass is 16.5. The molecule has 1 aliphatic heterocycles. The Morgan fingerprint density at radius 1 is 1.38 bits per heavy atom. The molecule has 0 amide bonds. The number of pyridine rings is 1. The van der Waals surface area contributed by atoms with Crippen LogP contribution in [-0.2, 0) is 5.41 Å². The van der Waals surface area contributed by atoms with Crippen LogP contribution in [-0.4, -0.2) is 24.2 Å². The first kappa shape index (κ1) is 11.4. The van der Waals surface area contributed by atoms with Gasteiger partial charge < -0.3 is 10.1 Å². The van der Waals surface area contributed by atoms with Gasteiger partial charge in [0.05, 0.1) is 0 Å². The average Bonchev–Trinajstić information content (AvgIpc) is 2.70. The minimum Gasteiger partial charge on any atom is -0.473 e. The Morgan fingerprint density at radius 2 is 2.19 bits per heavy atom. The summed E-state index contributed by atoms with van der Waals surface area (Å²) < 4.78 is 5.84. The molecule has 1 aromatic rings. The lowest BCUT2D eigenvalue weighted by Crippen LogP contribution is -2.21. The van der Waals surface area contributed by atoms with E-state index in [1.54, 1.807) is 0 Å². The highest BCUT2D eigenvalue weighted by Gasteiger charge is 2.19. The predicted octanol–water partition coefficient (Wildman–Crippen LogP) is 2.12. The van der Waals surface area contributed by atoms with Crippen molar-refractivity contribution >= 4 is 0 Å². The molecule has 16 heavy (non-hydrogen) atoms. The summed E-state index contributed by atoms with van der Waals surface area (Å²) in [6.45, 7) is 8.47. The van der Waals surface area contributed by atoms with Crippen LogP contribution in [0, 0.1) is 0 Å². The molecule has 1 unspecified atom stereocenters. The lowest BCUT2D eigenvalue weighted by molar-refractivity contribution is 0.212. The molecule has 1 aliphatic rings. The SMILES string of the molecule is CC(C)(C)c1cccc(OC2CCNC2)n1. The van der Waals surface area contributed by atoms with Crippen LogP contribution in [0.3, 0.4) is 0 Å². The second kappa shape index (κ2) is 4.42. The molecule has 0 aliphatic carbocycles. The molecule has 1 fully saturated rings. The average molecular weight is 220 g/mol. The van der Waals surface area contributed by atoms with Crippen LogP contribution in [0.4, 0.5) is 0 Å². The number of ether oxygens (including phenoxy) is 1. The fourth-order valence-electron chi connectivity index (χ4n) is 1.80. The maximum absolute atomic E-state index is 5.84. The molecule has 3 nitrogen and oxygen atoms in total. The van der Waals surface area contributed by atoms with E-state index in [1.165, 1.54) is 0 Å². The zero-order valence-corrected chi connectivity index (χ0v) is 10.3. The third-order valence-electron chi connectivity index (χ3n) is 2.79. The van der Waals surface area contributed by atoms with E-state index in [1.807, 2.05) is 12.1 Å². The molecule has 1 atom stereocenters. The first-order valence-corrected chi connectivity index (χ1v) is 5.90. The summed E-state index contributed by atoms with van der Waals surface area (Å²) >= 11 is 0. The van der Waals surface area contributed by atoms with Gasteiger partial charge in [0.1, 0.15) is 6.10 Å². The molecule has 3 heteroatoms. The van der Waals surface area contributed by atoms with Gasteiger partial charge in [-0.3, -0.25) is 0 Å². The molecular formula is C13H20N2O. The van der Waals surface area contributed by atoms with Crippen molar-refractivity contribution in [1.29, 1.82) is 0 Å². The summed E-state index contributed by atoms with van der Waals surface area (Å²) in [6, 6.07) is 6.01. The Bertz CT molecular complexity index is 351. The van der Waals surface area contributed by atoms with E-state index in [-0.39, 0.29) is 11.5 Å². The van der Waals surface area contributed by atoms with Crippen LogP contribution in [0.25, 0.3) is 0 Å². The van der Waals surface area contributed by atoms with E-state index in [0.29, 0.717) is 0 Å². The quantitative estimate of drug-likeness (QED) is 0.829. The zero-order valence-electron chi connectivity index (χ0n) is 10.3. The van der Waals surface area contributed by atoms with E-state index in [0.717, 1.165) is 31.1 Å². The summed E-state index contributed by atoms with van der Waals surface area (Å²) in [5.41, 5.74) is 1.16. The van der Waals surface area contributed by atoms with Gasteiger partial charge in [-0.15, -0.1) is 0 Å². The van der Waals surface area contributed by atoms with E-state index < -0.39 is 0 Å². The van der Waals surface area contributed by atoms with Crippen LogP contribution < -0.4 is 10.1 Å². The highest BCUT2D eigenvalue weighted by molar-refractivity contribution is 5.21.